The second-order valence-electron chi connectivity index (χ2n) is 5.96. The van der Waals surface area contributed by atoms with Crippen LogP contribution >= 0.6 is 0 Å². The molecule has 3 rings (SSSR count). The third-order valence-corrected chi connectivity index (χ3v) is 4.89. The van der Waals surface area contributed by atoms with Crippen LogP contribution in [0.25, 0.3) is 11.0 Å². The number of hydrogen-bond donors (Lipinski definition) is 1. The molecule has 1 aliphatic carbocycles. The Bertz CT molecular complexity index is 614. The van der Waals surface area contributed by atoms with Crippen molar-refractivity contribution in [2.45, 2.75) is 57.3 Å². The van der Waals surface area contributed by atoms with Gasteiger partial charge in [-0.15, -0.1) is 0 Å². The van der Waals surface area contributed by atoms with E-state index < -0.39 is 6.10 Å². The SMILES string of the molecule is CCn1c(CC(O)C2(OC)CCCC2)nc2ccccc21. The highest BCUT2D eigenvalue weighted by Crippen LogP contribution is 2.36. The maximum absolute atomic E-state index is 10.7. The number of ether oxygens (including phenoxy) is 1. The Labute approximate surface area is 125 Å². The number of aromatic nitrogens is 2. The van der Waals surface area contributed by atoms with E-state index in [4.69, 9.17) is 9.72 Å². The molecule has 1 aromatic heterocycles. The quantitative estimate of drug-likeness (QED) is 0.920. The third-order valence-electron chi connectivity index (χ3n) is 4.89. The van der Waals surface area contributed by atoms with Crippen LogP contribution in [0, 0.1) is 0 Å². The van der Waals surface area contributed by atoms with Crippen LogP contribution in [-0.2, 0) is 17.7 Å². The van der Waals surface area contributed by atoms with Gasteiger partial charge in [-0.2, -0.15) is 0 Å². The summed E-state index contributed by atoms with van der Waals surface area (Å²) in [6.45, 7) is 2.98. The van der Waals surface area contributed by atoms with Crippen molar-refractivity contribution in [1.82, 2.24) is 9.55 Å². The van der Waals surface area contributed by atoms with Gasteiger partial charge in [0.25, 0.3) is 0 Å². The van der Waals surface area contributed by atoms with Gasteiger partial charge in [-0.25, -0.2) is 4.98 Å². The fraction of sp³-hybridized carbons (Fsp3) is 0.588. The molecule has 1 heterocycles. The fourth-order valence-electron chi connectivity index (χ4n) is 3.64. The summed E-state index contributed by atoms with van der Waals surface area (Å²) < 4.78 is 7.88. The Balaban J connectivity index is 1.90. The summed E-state index contributed by atoms with van der Waals surface area (Å²) in [4.78, 5) is 4.71. The lowest BCUT2D eigenvalue weighted by Crippen LogP contribution is -2.43. The summed E-state index contributed by atoms with van der Waals surface area (Å²) in [7, 11) is 1.72. The maximum atomic E-state index is 10.7. The Morgan fingerprint density at radius 3 is 2.71 bits per heavy atom. The van der Waals surface area contributed by atoms with Gasteiger partial charge >= 0.3 is 0 Å². The lowest BCUT2D eigenvalue weighted by Gasteiger charge is -2.32. The predicted molar refractivity (Wildman–Crippen MR) is 83.3 cm³/mol. The van der Waals surface area contributed by atoms with E-state index in [0.717, 1.165) is 49.1 Å². The van der Waals surface area contributed by atoms with Crippen LogP contribution in [0.4, 0.5) is 0 Å². The molecule has 0 aliphatic heterocycles. The lowest BCUT2D eigenvalue weighted by atomic mass is 9.92. The first-order chi connectivity index (χ1) is 10.2. The van der Waals surface area contributed by atoms with E-state index in [9.17, 15) is 5.11 Å². The van der Waals surface area contributed by atoms with Crippen LogP contribution in [0.2, 0.25) is 0 Å². The van der Waals surface area contributed by atoms with Gasteiger partial charge in [-0.1, -0.05) is 25.0 Å². The number of imidazole rings is 1. The fourth-order valence-corrected chi connectivity index (χ4v) is 3.64. The third kappa shape index (κ3) is 2.47. The molecule has 0 amide bonds. The van der Waals surface area contributed by atoms with Crippen molar-refractivity contribution in [3.05, 3.63) is 30.1 Å². The first kappa shape index (κ1) is 14.5. The number of rotatable bonds is 5. The van der Waals surface area contributed by atoms with Gasteiger partial charge in [-0.3, -0.25) is 0 Å². The molecule has 1 saturated carbocycles. The van der Waals surface area contributed by atoms with E-state index >= 15 is 0 Å². The predicted octanol–water partition coefficient (Wildman–Crippen LogP) is 2.92. The van der Waals surface area contributed by atoms with E-state index in [-0.39, 0.29) is 5.60 Å². The molecule has 0 saturated heterocycles. The monoisotopic (exact) mass is 288 g/mol. The van der Waals surface area contributed by atoms with Crippen molar-refractivity contribution in [3.8, 4) is 0 Å². The van der Waals surface area contributed by atoms with Crippen LogP contribution in [0.1, 0.15) is 38.4 Å². The highest BCUT2D eigenvalue weighted by molar-refractivity contribution is 5.75. The molecule has 1 atom stereocenters. The number of benzene rings is 1. The zero-order valence-electron chi connectivity index (χ0n) is 12.9. The van der Waals surface area contributed by atoms with Gasteiger partial charge in [0.2, 0.25) is 0 Å². The average molecular weight is 288 g/mol. The van der Waals surface area contributed by atoms with Gasteiger partial charge in [0, 0.05) is 20.1 Å². The van der Waals surface area contributed by atoms with Crippen molar-refractivity contribution in [2.24, 2.45) is 0 Å². The number of methoxy groups -OCH3 is 1. The molecule has 1 N–H and O–H groups in total. The number of fused-ring (bicyclic) bond motifs is 1. The molecule has 2 aromatic rings. The highest BCUT2D eigenvalue weighted by atomic mass is 16.5. The van der Waals surface area contributed by atoms with Crippen LogP contribution in [0.3, 0.4) is 0 Å². The largest absolute Gasteiger partial charge is 0.390 e. The Kier molecular flexibility index (Phi) is 4.00. The molecular weight excluding hydrogens is 264 g/mol. The Morgan fingerprint density at radius 1 is 1.33 bits per heavy atom. The summed E-state index contributed by atoms with van der Waals surface area (Å²) in [5, 5.41) is 10.7. The number of aliphatic hydroxyl groups is 1. The van der Waals surface area contributed by atoms with Gasteiger partial charge in [0.1, 0.15) is 5.82 Å². The molecule has 0 bridgehead atoms. The first-order valence-electron chi connectivity index (χ1n) is 7.87. The first-order valence-corrected chi connectivity index (χ1v) is 7.87. The topological polar surface area (TPSA) is 47.3 Å². The van der Waals surface area contributed by atoms with Crippen LogP contribution in [-0.4, -0.2) is 33.5 Å². The van der Waals surface area contributed by atoms with Gasteiger partial charge in [-0.05, 0) is 31.9 Å². The van der Waals surface area contributed by atoms with Crippen LogP contribution < -0.4 is 0 Å². The van der Waals surface area contributed by atoms with Crippen molar-refractivity contribution < 1.29 is 9.84 Å². The standard InChI is InChI=1S/C17H24N2O2/c1-3-19-14-9-5-4-8-13(14)18-16(19)12-15(20)17(21-2)10-6-7-11-17/h4-5,8-9,15,20H,3,6-7,10-12H2,1-2H3. The number of para-hydroxylation sites is 2. The summed E-state index contributed by atoms with van der Waals surface area (Å²) in [5.74, 6) is 0.953. The van der Waals surface area contributed by atoms with Crippen molar-refractivity contribution in [3.63, 3.8) is 0 Å². The maximum Gasteiger partial charge on any atom is 0.112 e. The van der Waals surface area contributed by atoms with Crippen LogP contribution in [0.5, 0.6) is 0 Å². The van der Waals surface area contributed by atoms with Crippen molar-refractivity contribution >= 4 is 11.0 Å². The second kappa shape index (κ2) is 5.78. The summed E-state index contributed by atoms with van der Waals surface area (Å²) in [5.41, 5.74) is 1.76. The Hall–Kier alpha value is -1.39. The lowest BCUT2D eigenvalue weighted by molar-refractivity contribution is -0.0979. The molecule has 1 aliphatic rings. The molecule has 1 fully saturated rings. The average Bonchev–Trinajstić information content (AvgIpc) is 3.12. The summed E-state index contributed by atoms with van der Waals surface area (Å²) in [6, 6.07) is 8.15. The zero-order valence-corrected chi connectivity index (χ0v) is 12.9. The van der Waals surface area contributed by atoms with E-state index in [1.165, 1.54) is 0 Å². The zero-order chi connectivity index (χ0) is 14.9. The molecular formula is C17H24N2O2. The Morgan fingerprint density at radius 2 is 2.05 bits per heavy atom. The normalized spacial score (nSPS) is 19.2. The van der Waals surface area contributed by atoms with E-state index in [2.05, 4.69) is 17.6 Å². The minimum absolute atomic E-state index is 0.378. The highest BCUT2D eigenvalue weighted by Gasteiger charge is 2.41. The molecule has 4 heteroatoms. The number of aliphatic hydroxyl groups excluding tert-OH is 1. The number of hydrogen-bond acceptors (Lipinski definition) is 3. The molecule has 1 aromatic carbocycles. The smallest absolute Gasteiger partial charge is 0.112 e. The number of nitrogens with zero attached hydrogens (tertiary/aromatic N) is 2. The molecule has 21 heavy (non-hydrogen) atoms. The summed E-state index contributed by atoms with van der Waals surface area (Å²) in [6.07, 6.45) is 4.21. The second-order valence-corrected chi connectivity index (χ2v) is 5.96. The van der Waals surface area contributed by atoms with Gasteiger partial charge in [0.15, 0.2) is 0 Å². The van der Waals surface area contributed by atoms with Gasteiger partial charge in [0.05, 0.1) is 22.7 Å². The molecule has 1 unspecified atom stereocenters. The molecule has 114 valence electrons. The van der Waals surface area contributed by atoms with E-state index in [0.29, 0.717) is 6.42 Å². The van der Waals surface area contributed by atoms with Crippen LogP contribution in [0.15, 0.2) is 24.3 Å². The summed E-state index contributed by atoms with van der Waals surface area (Å²) >= 11 is 0. The minimum atomic E-state index is -0.493. The van der Waals surface area contributed by atoms with E-state index in [1.54, 1.807) is 7.11 Å². The molecule has 4 nitrogen and oxygen atoms in total. The number of aryl methyl sites for hydroxylation is 1. The van der Waals surface area contributed by atoms with E-state index in [1.807, 2.05) is 18.2 Å². The van der Waals surface area contributed by atoms with Gasteiger partial charge < -0.3 is 14.4 Å². The minimum Gasteiger partial charge on any atom is -0.390 e. The van der Waals surface area contributed by atoms with Crippen molar-refractivity contribution in [1.29, 1.82) is 0 Å². The van der Waals surface area contributed by atoms with Crippen molar-refractivity contribution in [2.75, 3.05) is 7.11 Å². The molecule has 0 spiro atoms. The molecule has 0 radical (unpaired) electrons.